The molecular weight excluding hydrogens is 377 g/mol. The number of para-hydroxylation sites is 1. The number of hydrogen-bond donors (Lipinski definition) is 1. The largest absolute Gasteiger partial charge is 0.275 e. The molecule has 0 saturated heterocycles. The molecule has 0 fully saturated rings. The number of halogens is 3. The van der Waals surface area contributed by atoms with Gasteiger partial charge in [-0.05, 0) is 41.1 Å². The minimum Gasteiger partial charge on any atom is -0.275 e. The molecule has 1 aromatic carbocycles. The molecule has 0 spiro atoms. The summed E-state index contributed by atoms with van der Waals surface area (Å²) in [5.41, 5.74) is -0.245. The van der Waals surface area contributed by atoms with E-state index in [1.807, 2.05) is 0 Å². The fraction of sp³-hybridized carbons (Fsp3) is 0.0909. The Bertz CT molecular complexity index is 710. The molecule has 0 aliphatic heterocycles. The molecule has 19 heavy (non-hydrogen) atoms. The number of sulfonamides is 1. The molecule has 1 heterocycles. The maximum absolute atomic E-state index is 13.6. The molecule has 0 bridgehead atoms. The zero-order valence-electron chi connectivity index (χ0n) is 9.58. The van der Waals surface area contributed by atoms with Gasteiger partial charge in [0, 0.05) is 4.88 Å². The van der Waals surface area contributed by atoms with Crippen LogP contribution in [-0.4, -0.2) is 8.42 Å². The molecule has 8 heteroatoms. The summed E-state index contributed by atoms with van der Waals surface area (Å²) < 4.78 is 40.8. The van der Waals surface area contributed by atoms with Gasteiger partial charge >= 0.3 is 0 Å². The van der Waals surface area contributed by atoms with Crippen molar-refractivity contribution in [3.05, 3.63) is 43.8 Å². The van der Waals surface area contributed by atoms with Crippen LogP contribution in [0, 0.1) is 12.7 Å². The highest BCUT2D eigenvalue weighted by molar-refractivity contribution is 9.11. The SMILES string of the molecule is Cc1sc(Br)cc1S(=O)(=O)Nc1c(F)cccc1Cl. The minimum atomic E-state index is -3.86. The number of benzene rings is 1. The zero-order chi connectivity index (χ0) is 14.2. The van der Waals surface area contributed by atoms with E-state index in [9.17, 15) is 12.8 Å². The summed E-state index contributed by atoms with van der Waals surface area (Å²) >= 11 is 10.3. The molecule has 2 aromatic rings. The van der Waals surface area contributed by atoms with E-state index in [4.69, 9.17) is 11.6 Å². The van der Waals surface area contributed by atoms with Crippen LogP contribution < -0.4 is 4.72 Å². The molecule has 0 aliphatic carbocycles. The lowest BCUT2D eigenvalue weighted by atomic mass is 10.3. The van der Waals surface area contributed by atoms with E-state index in [0.29, 0.717) is 8.66 Å². The summed E-state index contributed by atoms with van der Waals surface area (Å²) in [6.45, 7) is 1.67. The van der Waals surface area contributed by atoms with Gasteiger partial charge in [-0.25, -0.2) is 12.8 Å². The average molecular weight is 385 g/mol. The lowest BCUT2D eigenvalue weighted by Crippen LogP contribution is -2.14. The van der Waals surface area contributed by atoms with Gasteiger partial charge in [-0.1, -0.05) is 17.7 Å². The second-order valence-electron chi connectivity index (χ2n) is 3.67. The fourth-order valence-corrected chi connectivity index (χ4v) is 5.25. The Kier molecular flexibility index (Phi) is 4.20. The number of thiophene rings is 1. The molecule has 102 valence electrons. The molecule has 0 atom stereocenters. The maximum atomic E-state index is 13.6. The Balaban J connectivity index is 2.45. The Morgan fingerprint density at radius 1 is 1.42 bits per heavy atom. The lowest BCUT2D eigenvalue weighted by molar-refractivity contribution is 0.598. The van der Waals surface area contributed by atoms with Crippen LogP contribution in [0.2, 0.25) is 5.02 Å². The van der Waals surface area contributed by atoms with E-state index in [-0.39, 0.29) is 15.6 Å². The minimum absolute atomic E-state index is 0.00974. The summed E-state index contributed by atoms with van der Waals surface area (Å²) in [5, 5.41) is 0.00974. The number of aryl methyl sites for hydroxylation is 1. The Morgan fingerprint density at radius 3 is 2.63 bits per heavy atom. The molecule has 1 N–H and O–H groups in total. The van der Waals surface area contributed by atoms with Crippen molar-refractivity contribution in [2.45, 2.75) is 11.8 Å². The normalized spacial score (nSPS) is 11.6. The zero-order valence-corrected chi connectivity index (χ0v) is 13.6. The second-order valence-corrected chi connectivity index (χ2v) is 8.37. The lowest BCUT2D eigenvalue weighted by Gasteiger charge is -2.09. The van der Waals surface area contributed by atoms with Gasteiger partial charge in [-0.15, -0.1) is 11.3 Å². The van der Waals surface area contributed by atoms with Crippen molar-refractivity contribution in [1.29, 1.82) is 0 Å². The van der Waals surface area contributed by atoms with Gasteiger partial charge in [0.05, 0.1) is 8.81 Å². The van der Waals surface area contributed by atoms with Gasteiger partial charge < -0.3 is 0 Å². The van der Waals surface area contributed by atoms with Crippen molar-refractivity contribution in [3.63, 3.8) is 0 Å². The highest BCUT2D eigenvalue weighted by Gasteiger charge is 2.22. The van der Waals surface area contributed by atoms with Gasteiger partial charge in [-0.2, -0.15) is 0 Å². The number of anilines is 1. The molecule has 0 unspecified atom stereocenters. The van der Waals surface area contributed by atoms with E-state index in [1.165, 1.54) is 29.5 Å². The first-order valence-corrected chi connectivity index (χ1v) is 8.51. The van der Waals surface area contributed by atoms with Gasteiger partial charge in [0.1, 0.15) is 16.4 Å². The first-order chi connectivity index (χ1) is 8.81. The van der Waals surface area contributed by atoms with Gasteiger partial charge in [0.15, 0.2) is 0 Å². The maximum Gasteiger partial charge on any atom is 0.263 e. The Labute approximate surface area is 127 Å². The molecular formula is C11H8BrClFNO2S2. The highest BCUT2D eigenvalue weighted by atomic mass is 79.9. The topological polar surface area (TPSA) is 46.2 Å². The summed E-state index contributed by atoms with van der Waals surface area (Å²) in [4.78, 5) is 0.704. The standard InChI is InChI=1S/C11H8BrClFNO2S2/c1-6-9(5-10(12)18-6)19(16,17)15-11-7(13)3-2-4-8(11)14/h2-5,15H,1H3. The molecule has 0 saturated carbocycles. The van der Waals surface area contributed by atoms with Gasteiger partial charge in [0.25, 0.3) is 10.0 Å². The van der Waals surface area contributed by atoms with Crippen molar-refractivity contribution in [1.82, 2.24) is 0 Å². The van der Waals surface area contributed by atoms with E-state index in [2.05, 4.69) is 20.7 Å². The smallest absolute Gasteiger partial charge is 0.263 e. The van der Waals surface area contributed by atoms with Crippen LogP contribution in [0.25, 0.3) is 0 Å². The third kappa shape index (κ3) is 3.10. The summed E-state index contributed by atoms with van der Waals surface area (Å²) in [5.74, 6) is -0.719. The molecule has 0 aliphatic rings. The van der Waals surface area contributed by atoms with Crippen molar-refractivity contribution in [3.8, 4) is 0 Å². The van der Waals surface area contributed by atoms with Crippen LogP contribution in [0.4, 0.5) is 10.1 Å². The monoisotopic (exact) mass is 383 g/mol. The highest BCUT2D eigenvalue weighted by Crippen LogP contribution is 2.32. The molecule has 0 amide bonds. The Hall–Kier alpha value is -0.630. The van der Waals surface area contributed by atoms with E-state index in [0.717, 1.165) is 6.07 Å². The first-order valence-electron chi connectivity index (χ1n) is 5.04. The van der Waals surface area contributed by atoms with E-state index >= 15 is 0 Å². The van der Waals surface area contributed by atoms with E-state index in [1.54, 1.807) is 6.92 Å². The summed E-state index contributed by atoms with van der Waals surface area (Å²) in [7, 11) is -3.86. The van der Waals surface area contributed by atoms with Crippen LogP contribution in [0.1, 0.15) is 4.88 Å². The predicted molar refractivity (Wildman–Crippen MR) is 79.0 cm³/mol. The second kappa shape index (κ2) is 5.40. The quantitative estimate of drug-likeness (QED) is 0.852. The van der Waals surface area contributed by atoms with Crippen LogP contribution in [-0.2, 0) is 10.0 Å². The summed E-state index contributed by atoms with van der Waals surface area (Å²) in [6.07, 6.45) is 0. The average Bonchev–Trinajstić information content (AvgIpc) is 2.64. The molecule has 3 nitrogen and oxygen atoms in total. The van der Waals surface area contributed by atoms with Gasteiger partial charge in [-0.3, -0.25) is 4.72 Å². The molecule has 2 rings (SSSR count). The summed E-state index contributed by atoms with van der Waals surface area (Å²) in [6, 6.07) is 5.43. The van der Waals surface area contributed by atoms with Crippen molar-refractivity contribution < 1.29 is 12.8 Å². The predicted octanol–water partition coefficient (Wildman–Crippen LogP) is 4.41. The van der Waals surface area contributed by atoms with E-state index < -0.39 is 15.8 Å². The van der Waals surface area contributed by atoms with Crippen LogP contribution in [0.5, 0.6) is 0 Å². The Morgan fingerprint density at radius 2 is 2.11 bits per heavy atom. The number of rotatable bonds is 3. The first kappa shape index (κ1) is 14.8. The third-order valence-corrected chi connectivity index (χ3v) is 5.80. The number of hydrogen-bond acceptors (Lipinski definition) is 3. The van der Waals surface area contributed by atoms with Crippen molar-refractivity contribution in [2.24, 2.45) is 0 Å². The number of nitrogens with one attached hydrogen (secondary N) is 1. The van der Waals surface area contributed by atoms with Crippen molar-refractivity contribution in [2.75, 3.05) is 4.72 Å². The molecule has 1 aromatic heterocycles. The fourth-order valence-electron chi connectivity index (χ4n) is 1.48. The third-order valence-electron chi connectivity index (χ3n) is 2.33. The van der Waals surface area contributed by atoms with Crippen LogP contribution >= 0.6 is 38.9 Å². The van der Waals surface area contributed by atoms with Gasteiger partial charge in [0.2, 0.25) is 0 Å². The molecule has 0 radical (unpaired) electrons. The van der Waals surface area contributed by atoms with Crippen LogP contribution in [0.15, 0.2) is 32.9 Å². The van der Waals surface area contributed by atoms with Crippen LogP contribution in [0.3, 0.4) is 0 Å². The van der Waals surface area contributed by atoms with Crippen molar-refractivity contribution >= 4 is 54.6 Å².